The summed E-state index contributed by atoms with van der Waals surface area (Å²) in [7, 11) is 1.45. The predicted molar refractivity (Wildman–Crippen MR) is 175 cm³/mol. The lowest BCUT2D eigenvalue weighted by Crippen LogP contribution is -2.40. The van der Waals surface area contributed by atoms with Crippen molar-refractivity contribution in [3.8, 4) is 17.6 Å². The van der Waals surface area contributed by atoms with Crippen molar-refractivity contribution >= 4 is 34.1 Å². The highest BCUT2D eigenvalue weighted by Crippen LogP contribution is 2.32. The Bertz CT molecular complexity index is 1810. The zero-order chi connectivity index (χ0) is 33.3. The van der Waals surface area contributed by atoms with E-state index in [1.165, 1.54) is 35.4 Å². The second kappa shape index (κ2) is 15.3. The summed E-state index contributed by atoms with van der Waals surface area (Å²) in [4.78, 5) is 52.8. The van der Waals surface area contributed by atoms with E-state index in [2.05, 4.69) is 43.7 Å². The average Bonchev–Trinajstić information content (AvgIpc) is 3.78. The second-order valence-corrected chi connectivity index (χ2v) is 11.3. The van der Waals surface area contributed by atoms with Crippen LogP contribution in [-0.4, -0.2) is 93.6 Å². The fourth-order valence-corrected chi connectivity index (χ4v) is 5.45. The second-order valence-electron chi connectivity index (χ2n) is 11.3. The molecule has 5 rings (SSSR count). The molecule has 244 valence electrons. The number of fused-ring (bicyclic) bond motifs is 1. The van der Waals surface area contributed by atoms with Crippen LogP contribution >= 0.6 is 0 Å². The predicted octanol–water partition coefficient (Wildman–Crippen LogP) is 2.24. The first-order valence-corrected chi connectivity index (χ1v) is 15.5. The molecule has 1 aliphatic heterocycles. The summed E-state index contributed by atoms with van der Waals surface area (Å²) in [5, 5.41) is 20.6. The minimum atomic E-state index is -0.701. The molecule has 2 amide bonds. The smallest absolute Gasteiger partial charge is 0.295 e. The first kappa shape index (κ1) is 33.0. The van der Waals surface area contributed by atoms with Crippen LogP contribution in [0.25, 0.3) is 22.3 Å². The number of amides is 2. The monoisotopic (exact) mass is 638 g/mol. The first-order chi connectivity index (χ1) is 22.9. The van der Waals surface area contributed by atoms with Crippen LogP contribution in [0.1, 0.15) is 52.7 Å². The number of likely N-dealkylation sites (tertiary alicyclic amines) is 1. The Morgan fingerprint density at radius 3 is 2.62 bits per heavy atom. The van der Waals surface area contributed by atoms with E-state index in [-0.39, 0.29) is 17.2 Å². The number of hydrogen-bond donors (Lipinski definition) is 4. The van der Waals surface area contributed by atoms with Crippen molar-refractivity contribution in [1.29, 1.82) is 5.26 Å². The Morgan fingerprint density at radius 1 is 1.15 bits per heavy atom. The molecular weight excluding hydrogens is 600 g/mol. The third kappa shape index (κ3) is 7.37. The number of nitrogens with one attached hydrogen (secondary N) is 3. The van der Waals surface area contributed by atoms with Gasteiger partial charge in [0.1, 0.15) is 12.1 Å². The number of nitrogens with two attached hydrogens (primary N) is 1. The highest BCUT2D eigenvalue weighted by molar-refractivity contribution is 6.45. The molecule has 0 bridgehead atoms. The average molecular weight is 639 g/mol. The maximum absolute atomic E-state index is 13.6. The van der Waals surface area contributed by atoms with Gasteiger partial charge < -0.3 is 31.0 Å². The summed E-state index contributed by atoms with van der Waals surface area (Å²) in [6, 6.07) is 11.7. The summed E-state index contributed by atoms with van der Waals surface area (Å²) in [5.41, 5.74) is 8.56. The Kier molecular flexibility index (Phi) is 10.7. The van der Waals surface area contributed by atoms with Gasteiger partial charge in [0.05, 0.1) is 41.4 Å². The third-order valence-corrected chi connectivity index (χ3v) is 8.12. The van der Waals surface area contributed by atoms with Crippen LogP contribution in [0.15, 0.2) is 54.6 Å². The van der Waals surface area contributed by atoms with Crippen molar-refractivity contribution in [2.45, 2.75) is 26.2 Å². The number of aromatic amines is 1. The highest BCUT2D eigenvalue weighted by Gasteiger charge is 2.30. The van der Waals surface area contributed by atoms with Crippen molar-refractivity contribution in [1.82, 2.24) is 40.3 Å². The van der Waals surface area contributed by atoms with E-state index in [0.29, 0.717) is 67.2 Å². The quantitative estimate of drug-likeness (QED) is 0.0729. The Labute approximate surface area is 272 Å². The number of Topliss-reactive ketones (excluding diaryl/α,β-unsaturated/α-hetero) is 1. The molecule has 1 fully saturated rings. The third-order valence-electron chi connectivity index (χ3n) is 8.12. The number of hydrogen-bond acceptors (Lipinski definition) is 10. The van der Waals surface area contributed by atoms with Gasteiger partial charge in [-0.05, 0) is 56.0 Å². The van der Waals surface area contributed by atoms with Gasteiger partial charge in [-0.15, -0.1) is 5.10 Å². The fraction of sp³-hybridized carbons (Fsp3) is 0.364. The largest absolute Gasteiger partial charge is 0.494 e. The molecule has 1 atom stereocenters. The van der Waals surface area contributed by atoms with E-state index in [1.807, 2.05) is 30.3 Å². The van der Waals surface area contributed by atoms with Gasteiger partial charge in [-0.25, -0.2) is 9.97 Å². The molecule has 0 aliphatic carbocycles. The molecule has 1 aliphatic rings. The van der Waals surface area contributed by atoms with E-state index in [4.69, 9.17) is 10.5 Å². The van der Waals surface area contributed by atoms with Crippen molar-refractivity contribution in [3.63, 3.8) is 0 Å². The number of nitriles is 1. The molecular formula is C33H38N10O4. The van der Waals surface area contributed by atoms with Crippen molar-refractivity contribution in [2.75, 3.05) is 46.4 Å². The summed E-state index contributed by atoms with van der Waals surface area (Å²) in [6.07, 6.45) is 5.95. The molecule has 0 radical (unpaired) electrons. The summed E-state index contributed by atoms with van der Waals surface area (Å²) in [5.74, 6) is -0.864. The van der Waals surface area contributed by atoms with Crippen LogP contribution in [0.4, 0.5) is 0 Å². The topological polar surface area (TPSA) is 197 Å². The molecule has 14 heteroatoms. The zero-order valence-corrected chi connectivity index (χ0v) is 26.5. The normalized spacial score (nSPS) is 13.7. The van der Waals surface area contributed by atoms with E-state index in [0.717, 1.165) is 30.6 Å². The lowest BCUT2D eigenvalue weighted by molar-refractivity contribution is -0.126. The van der Waals surface area contributed by atoms with Crippen LogP contribution in [0.5, 0.6) is 5.75 Å². The molecule has 1 unspecified atom stereocenters. The molecule has 4 heterocycles. The van der Waals surface area contributed by atoms with Crippen LogP contribution in [0.2, 0.25) is 0 Å². The number of benzene rings is 1. The van der Waals surface area contributed by atoms with Gasteiger partial charge in [0.25, 0.3) is 17.6 Å². The molecule has 4 aromatic rings. The Balaban J connectivity index is 1.28. The Morgan fingerprint density at radius 2 is 1.91 bits per heavy atom. The summed E-state index contributed by atoms with van der Waals surface area (Å²) in [6.45, 7) is 5.32. The standard InChI is InChI=1S/C33H38N10O4/c1-21(15-34)17-36-11-6-12-37-32(45)30-40-20-43(41-30)31-28-27(26(47-2)19-39-31)25(18-38-28)29(44)33(46)42-13-9-23(10-14-42)24(16-35)22-7-4-3-5-8-22/h3-5,7-8,18-21,36,38H,6,9-15,17,34H2,1-2H3,(H,37,45). The lowest BCUT2D eigenvalue weighted by Gasteiger charge is -2.28. The molecule has 1 aromatic carbocycles. The number of piperidine rings is 1. The number of allylic oxidation sites excluding steroid dienone is 1. The van der Waals surface area contributed by atoms with E-state index in [1.54, 1.807) is 0 Å². The number of pyridine rings is 1. The van der Waals surface area contributed by atoms with Crippen molar-refractivity contribution < 1.29 is 19.1 Å². The van der Waals surface area contributed by atoms with Crippen molar-refractivity contribution in [3.05, 3.63) is 71.6 Å². The molecule has 0 spiro atoms. The SMILES string of the molecule is COc1cnc(-n2cnc(C(=O)NCCCNCC(C)CN)n2)c2[nH]cc(C(=O)C(=O)N3CCC(=C(C#N)c4ccccc4)CC3)c12. The van der Waals surface area contributed by atoms with Crippen LogP contribution in [0.3, 0.4) is 0 Å². The molecule has 5 N–H and O–H groups in total. The maximum atomic E-state index is 13.6. The Hall–Kier alpha value is -5.39. The van der Waals surface area contributed by atoms with Gasteiger partial charge in [-0.1, -0.05) is 37.3 Å². The minimum absolute atomic E-state index is 0.0381. The van der Waals surface area contributed by atoms with Crippen LogP contribution < -0.4 is 21.1 Å². The van der Waals surface area contributed by atoms with Crippen molar-refractivity contribution in [2.24, 2.45) is 11.7 Å². The number of methoxy groups -OCH3 is 1. The molecule has 1 saturated heterocycles. The number of rotatable bonds is 13. The number of ketones is 1. The van der Waals surface area contributed by atoms with Gasteiger partial charge >= 0.3 is 0 Å². The summed E-state index contributed by atoms with van der Waals surface area (Å²) >= 11 is 0. The number of carbonyl (C=O) groups is 3. The van der Waals surface area contributed by atoms with Gasteiger partial charge in [-0.3, -0.25) is 14.4 Å². The van der Waals surface area contributed by atoms with Crippen LogP contribution in [-0.2, 0) is 4.79 Å². The maximum Gasteiger partial charge on any atom is 0.295 e. The molecule has 0 saturated carbocycles. The van der Waals surface area contributed by atoms with Gasteiger partial charge in [0.2, 0.25) is 5.82 Å². The van der Waals surface area contributed by atoms with E-state index < -0.39 is 17.6 Å². The van der Waals surface area contributed by atoms with Gasteiger partial charge in [-0.2, -0.15) is 9.94 Å². The molecule has 14 nitrogen and oxygen atoms in total. The van der Waals surface area contributed by atoms with E-state index in [9.17, 15) is 19.6 Å². The number of aromatic nitrogens is 5. The summed E-state index contributed by atoms with van der Waals surface area (Å²) < 4.78 is 6.84. The van der Waals surface area contributed by atoms with Gasteiger partial charge in [0.15, 0.2) is 5.82 Å². The van der Waals surface area contributed by atoms with Gasteiger partial charge in [0, 0.05) is 25.8 Å². The number of ether oxygens (including phenoxy) is 1. The fourth-order valence-electron chi connectivity index (χ4n) is 5.45. The number of nitrogens with zero attached hydrogens (tertiary/aromatic N) is 6. The highest BCUT2D eigenvalue weighted by atomic mass is 16.5. The molecule has 3 aromatic heterocycles. The first-order valence-electron chi connectivity index (χ1n) is 15.5. The molecule has 47 heavy (non-hydrogen) atoms. The lowest BCUT2D eigenvalue weighted by atomic mass is 9.93. The zero-order valence-electron chi connectivity index (χ0n) is 26.5. The van der Waals surface area contributed by atoms with Crippen LogP contribution in [0, 0.1) is 17.2 Å². The minimum Gasteiger partial charge on any atom is -0.494 e. The number of carbonyl (C=O) groups excluding carboxylic acids is 3. The van der Waals surface area contributed by atoms with E-state index >= 15 is 0 Å². The number of H-pyrrole nitrogens is 1.